The molecule has 3 aromatic rings. The summed E-state index contributed by atoms with van der Waals surface area (Å²) in [5.74, 6) is 0.596. The minimum absolute atomic E-state index is 0.00672. The summed E-state index contributed by atoms with van der Waals surface area (Å²) in [5, 5.41) is 8.03. The molecule has 1 fully saturated rings. The second-order valence-corrected chi connectivity index (χ2v) is 12.3. The molecular formula is C35H38N4O12S. The van der Waals surface area contributed by atoms with E-state index in [1.54, 1.807) is 24.4 Å². The third kappa shape index (κ3) is 12.5. The number of esters is 1. The molecular weight excluding hydrogens is 700 g/mol. The Morgan fingerprint density at radius 2 is 1.79 bits per heavy atom. The average molecular weight is 739 g/mol. The molecule has 52 heavy (non-hydrogen) atoms. The zero-order chi connectivity index (χ0) is 37.3. The molecule has 2 aromatic carbocycles. The normalized spacial score (nSPS) is 13.9. The first kappa shape index (κ1) is 39.0. The number of nitrogens with zero attached hydrogens (tertiary/aromatic N) is 4. The Kier molecular flexibility index (Phi) is 15.1. The summed E-state index contributed by atoms with van der Waals surface area (Å²) in [6.45, 7) is 0.582. The number of imide groups is 1. The van der Waals surface area contributed by atoms with Gasteiger partial charge in [-0.25, -0.2) is 19.5 Å². The number of benzene rings is 2. The van der Waals surface area contributed by atoms with E-state index < -0.39 is 40.3 Å². The number of rotatable bonds is 20. The Hall–Kier alpha value is -5.84. The van der Waals surface area contributed by atoms with Crippen LogP contribution in [-0.2, 0) is 30.3 Å². The van der Waals surface area contributed by atoms with Crippen molar-refractivity contribution in [3.63, 3.8) is 0 Å². The van der Waals surface area contributed by atoms with Gasteiger partial charge in [0.2, 0.25) is 5.91 Å². The van der Waals surface area contributed by atoms with E-state index in [1.807, 2.05) is 42.3 Å². The summed E-state index contributed by atoms with van der Waals surface area (Å²) in [6, 6.07) is 17.5. The first-order valence-electron chi connectivity index (χ1n) is 16.1. The molecule has 1 aromatic heterocycles. The summed E-state index contributed by atoms with van der Waals surface area (Å²) >= 11 is 0.853. The van der Waals surface area contributed by atoms with Crippen molar-refractivity contribution in [1.82, 2.24) is 9.88 Å². The highest BCUT2D eigenvalue weighted by atomic mass is 32.2. The monoisotopic (exact) mass is 738 g/mol. The maximum absolute atomic E-state index is 13.0. The number of anilines is 1. The smallest absolute Gasteiger partial charge is 0.493 e. The fourth-order valence-electron chi connectivity index (χ4n) is 4.69. The van der Waals surface area contributed by atoms with E-state index in [0.717, 1.165) is 28.0 Å². The molecule has 0 bridgehead atoms. The Bertz CT molecular complexity index is 1710. The van der Waals surface area contributed by atoms with Gasteiger partial charge in [0.05, 0.1) is 32.1 Å². The van der Waals surface area contributed by atoms with Crippen LogP contribution >= 0.6 is 11.8 Å². The predicted molar refractivity (Wildman–Crippen MR) is 189 cm³/mol. The van der Waals surface area contributed by atoms with E-state index in [9.17, 15) is 29.3 Å². The maximum Gasteiger partial charge on any atom is 0.515 e. The predicted octanol–water partition coefficient (Wildman–Crippen LogP) is 5.32. The van der Waals surface area contributed by atoms with E-state index in [0.29, 0.717) is 43.7 Å². The van der Waals surface area contributed by atoms with Gasteiger partial charge in [-0.3, -0.25) is 9.59 Å². The van der Waals surface area contributed by atoms with Crippen LogP contribution in [-0.4, -0.2) is 90.7 Å². The molecule has 16 nitrogen and oxygen atoms in total. The Morgan fingerprint density at radius 3 is 2.52 bits per heavy atom. The summed E-state index contributed by atoms with van der Waals surface area (Å²) in [7, 11) is 3.29. The highest BCUT2D eigenvalue weighted by Crippen LogP contribution is 2.31. The van der Waals surface area contributed by atoms with Gasteiger partial charge in [0.1, 0.15) is 18.2 Å². The van der Waals surface area contributed by atoms with Crippen molar-refractivity contribution < 1.29 is 52.8 Å². The zero-order valence-corrected chi connectivity index (χ0v) is 29.4. The quantitative estimate of drug-likeness (QED) is 0.0362. The minimum Gasteiger partial charge on any atom is -0.493 e. The highest BCUT2D eigenvalue weighted by molar-refractivity contribution is 8.15. The van der Waals surface area contributed by atoms with Crippen molar-refractivity contribution in [3.05, 3.63) is 94.2 Å². The second kappa shape index (κ2) is 20.1. The summed E-state index contributed by atoms with van der Waals surface area (Å²) in [4.78, 5) is 71.5. The molecule has 1 aliphatic rings. The standard InChI is InChI=1S/C35H38N4O12S/c1-37(31-8-4-5-17-36-31)18-21-47-27-13-9-26(10-14-27)23-30-33(41)38(34(42)52-30)24-49-35(43)51-28-15-11-25(22-29(28)46-2)12-16-32(40)48-19-6-3-7-20-50-39(44)45/h4-5,8-17,22,30H,3,6-7,18-21,23-24H2,1-2H3/b16-12+. The number of unbranched alkanes of at least 4 members (excludes halogenated alkanes) is 2. The molecule has 1 unspecified atom stereocenters. The molecule has 2 amide bonds. The third-order valence-corrected chi connectivity index (χ3v) is 8.49. The van der Waals surface area contributed by atoms with Gasteiger partial charge in [-0.2, -0.15) is 0 Å². The van der Waals surface area contributed by atoms with Gasteiger partial charge < -0.3 is 33.4 Å². The van der Waals surface area contributed by atoms with E-state index >= 15 is 0 Å². The number of aromatic nitrogens is 1. The molecule has 17 heteroatoms. The molecule has 1 saturated heterocycles. The SMILES string of the molecule is COc1cc(/C=C/C(=O)OCCCCCO[N+](=O)[O-])ccc1OC(=O)OCN1C(=O)SC(Cc2ccc(OCCN(C)c3ccccn3)cc2)C1=O. The van der Waals surface area contributed by atoms with Gasteiger partial charge in [-0.05, 0) is 79.3 Å². The van der Waals surface area contributed by atoms with Crippen LogP contribution in [0.2, 0.25) is 0 Å². The lowest BCUT2D eigenvalue weighted by molar-refractivity contribution is -0.757. The number of methoxy groups -OCH3 is 1. The van der Waals surface area contributed by atoms with Gasteiger partial charge in [0.15, 0.2) is 18.2 Å². The number of thioether (sulfide) groups is 1. The Balaban J connectivity index is 1.17. The van der Waals surface area contributed by atoms with E-state index in [-0.39, 0.29) is 31.1 Å². The number of carbonyl (C=O) groups is 4. The van der Waals surface area contributed by atoms with Gasteiger partial charge in [-0.1, -0.05) is 36.0 Å². The van der Waals surface area contributed by atoms with Crippen LogP contribution in [0.1, 0.15) is 30.4 Å². The number of hydrogen-bond donors (Lipinski definition) is 0. The lowest BCUT2D eigenvalue weighted by Crippen LogP contribution is -2.35. The molecule has 0 saturated carbocycles. The summed E-state index contributed by atoms with van der Waals surface area (Å²) < 4.78 is 26.5. The van der Waals surface area contributed by atoms with Crippen LogP contribution < -0.4 is 19.1 Å². The van der Waals surface area contributed by atoms with Crippen LogP contribution in [0.3, 0.4) is 0 Å². The second-order valence-electron chi connectivity index (χ2n) is 11.1. The molecule has 0 spiro atoms. The lowest BCUT2D eigenvalue weighted by Gasteiger charge is -2.18. The fraction of sp³-hybridized carbons (Fsp3) is 0.343. The van der Waals surface area contributed by atoms with Crippen molar-refractivity contribution >= 4 is 46.9 Å². The van der Waals surface area contributed by atoms with Crippen molar-refractivity contribution in [3.8, 4) is 17.2 Å². The number of amides is 2. The van der Waals surface area contributed by atoms with Crippen LogP contribution in [0, 0.1) is 10.1 Å². The Morgan fingerprint density at radius 1 is 1.00 bits per heavy atom. The minimum atomic E-state index is -1.16. The van der Waals surface area contributed by atoms with Crippen LogP contribution in [0.4, 0.5) is 15.4 Å². The van der Waals surface area contributed by atoms with E-state index in [1.165, 1.54) is 31.4 Å². The zero-order valence-electron chi connectivity index (χ0n) is 28.5. The maximum atomic E-state index is 13.0. The van der Waals surface area contributed by atoms with Gasteiger partial charge in [-0.15, -0.1) is 10.1 Å². The largest absolute Gasteiger partial charge is 0.515 e. The number of hydrogen-bond acceptors (Lipinski definition) is 15. The van der Waals surface area contributed by atoms with Crippen LogP contribution in [0.25, 0.3) is 6.08 Å². The molecule has 2 heterocycles. The van der Waals surface area contributed by atoms with Crippen molar-refractivity contribution in [2.75, 3.05) is 52.2 Å². The molecule has 1 aliphatic heterocycles. The van der Waals surface area contributed by atoms with Crippen molar-refractivity contribution in [2.24, 2.45) is 0 Å². The fourth-order valence-corrected chi connectivity index (χ4v) is 5.71. The number of ether oxygens (including phenoxy) is 5. The van der Waals surface area contributed by atoms with Crippen molar-refractivity contribution in [2.45, 2.75) is 30.9 Å². The summed E-state index contributed by atoms with van der Waals surface area (Å²) in [6.07, 6.45) is 5.13. The summed E-state index contributed by atoms with van der Waals surface area (Å²) in [5.41, 5.74) is 1.37. The van der Waals surface area contributed by atoms with E-state index in [2.05, 4.69) is 9.82 Å². The highest BCUT2D eigenvalue weighted by Gasteiger charge is 2.40. The first-order valence-corrected chi connectivity index (χ1v) is 17.0. The molecule has 1 atom stereocenters. The number of carbonyl (C=O) groups excluding carboxylic acids is 4. The molecule has 0 radical (unpaired) electrons. The van der Waals surface area contributed by atoms with Crippen LogP contribution in [0.15, 0.2) is 72.9 Å². The molecule has 0 N–H and O–H groups in total. The first-order chi connectivity index (χ1) is 25.1. The van der Waals surface area contributed by atoms with Gasteiger partial charge >= 0.3 is 12.1 Å². The Labute approximate surface area is 303 Å². The lowest BCUT2D eigenvalue weighted by atomic mass is 10.1. The van der Waals surface area contributed by atoms with E-state index in [4.69, 9.17) is 23.7 Å². The number of pyridine rings is 1. The average Bonchev–Trinajstić information content (AvgIpc) is 3.41. The van der Waals surface area contributed by atoms with Crippen LogP contribution in [0.5, 0.6) is 17.2 Å². The third-order valence-electron chi connectivity index (χ3n) is 7.42. The molecule has 276 valence electrons. The molecule has 4 rings (SSSR count). The van der Waals surface area contributed by atoms with Crippen molar-refractivity contribution in [1.29, 1.82) is 0 Å². The topological polar surface area (TPSA) is 186 Å². The molecule has 0 aliphatic carbocycles. The number of likely N-dealkylation sites (N-methyl/N-ethyl adjacent to an activating group) is 1. The van der Waals surface area contributed by atoms with Gasteiger partial charge in [0.25, 0.3) is 10.3 Å². The van der Waals surface area contributed by atoms with Gasteiger partial charge in [0, 0.05) is 19.3 Å².